The van der Waals surface area contributed by atoms with E-state index >= 15 is 0 Å². The summed E-state index contributed by atoms with van der Waals surface area (Å²) in [6, 6.07) is 4.69. The molecule has 0 radical (unpaired) electrons. The van der Waals surface area contributed by atoms with Crippen LogP contribution in [0.2, 0.25) is 5.02 Å². The van der Waals surface area contributed by atoms with Crippen LogP contribution in [0.3, 0.4) is 0 Å². The molecule has 0 spiro atoms. The Morgan fingerprint density at radius 2 is 1.86 bits per heavy atom. The summed E-state index contributed by atoms with van der Waals surface area (Å²) < 4.78 is 32.5. The van der Waals surface area contributed by atoms with Crippen LogP contribution in [0.1, 0.15) is 39.0 Å². The number of rotatable bonds is 5. The van der Waals surface area contributed by atoms with E-state index < -0.39 is 10.0 Å². The van der Waals surface area contributed by atoms with Crippen LogP contribution in [0.5, 0.6) is 5.75 Å². The minimum atomic E-state index is -3.45. The van der Waals surface area contributed by atoms with Crippen LogP contribution in [0.4, 0.5) is 0 Å². The van der Waals surface area contributed by atoms with Crippen LogP contribution in [-0.4, -0.2) is 32.4 Å². The summed E-state index contributed by atoms with van der Waals surface area (Å²) >= 11 is 6.06. The number of hydrogen-bond acceptors (Lipinski definition) is 3. The van der Waals surface area contributed by atoms with Gasteiger partial charge in [-0.1, -0.05) is 31.4 Å². The van der Waals surface area contributed by atoms with E-state index in [1.54, 1.807) is 16.4 Å². The van der Waals surface area contributed by atoms with Gasteiger partial charge in [-0.2, -0.15) is 4.31 Å². The summed E-state index contributed by atoms with van der Waals surface area (Å²) in [6.07, 6.45) is 4.88. The van der Waals surface area contributed by atoms with Crippen LogP contribution in [-0.2, 0) is 10.0 Å². The number of nitrogens with zero attached hydrogens (tertiary/aromatic N) is 1. The lowest BCUT2D eigenvalue weighted by Gasteiger charge is -2.20. The Hall–Kier alpha value is -0.780. The van der Waals surface area contributed by atoms with Gasteiger partial charge < -0.3 is 4.74 Å². The number of hydrogen-bond donors (Lipinski definition) is 0. The SMILES string of the molecule is CCCOc1cc(S(=O)(=O)N2CCCCCC2)ccc1Cl. The molecule has 0 saturated carbocycles. The Labute approximate surface area is 132 Å². The fraction of sp³-hybridized carbons (Fsp3) is 0.600. The van der Waals surface area contributed by atoms with Gasteiger partial charge in [-0.15, -0.1) is 0 Å². The Morgan fingerprint density at radius 3 is 2.48 bits per heavy atom. The first-order chi connectivity index (χ1) is 10.1. The van der Waals surface area contributed by atoms with E-state index in [0.29, 0.717) is 30.5 Å². The molecular weight excluding hydrogens is 310 g/mol. The largest absolute Gasteiger partial charge is 0.492 e. The van der Waals surface area contributed by atoms with Crippen molar-refractivity contribution in [2.45, 2.75) is 43.9 Å². The van der Waals surface area contributed by atoms with Crippen molar-refractivity contribution < 1.29 is 13.2 Å². The maximum absolute atomic E-state index is 12.7. The zero-order valence-electron chi connectivity index (χ0n) is 12.3. The topological polar surface area (TPSA) is 46.6 Å². The van der Waals surface area contributed by atoms with Crippen molar-refractivity contribution in [1.82, 2.24) is 4.31 Å². The van der Waals surface area contributed by atoms with Crippen LogP contribution in [0, 0.1) is 0 Å². The van der Waals surface area contributed by atoms with E-state index in [9.17, 15) is 8.42 Å². The number of halogens is 1. The molecule has 0 amide bonds. The molecule has 1 aliphatic rings. The van der Waals surface area contributed by atoms with E-state index in [1.807, 2.05) is 6.92 Å². The first kappa shape index (κ1) is 16.6. The highest BCUT2D eigenvalue weighted by molar-refractivity contribution is 7.89. The third-order valence-corrected chi connectivity index (χ3v) is 5.77. The van der Waals surface area contributed by atoms with Crippen LogP contribution >= 0.6 is 11.6 Å². The number of benzene rings is 1. The highest BCUT2D eigenvalue weighted by Gasteiger charge is 2.25. The van der Waals surface area contributed by atoms with Crippen molar-refractivity contribution in [1.29, 1.82) is 0 Å². The average Bonchev–Trinajstić information content (AvgIpc) is 2.75. The van der Waals surface area contributed by atoms with Crippen LogP contribution in [0.25, 0.3) is 0 Å². The molecule has 1 aromatic rings. The third-order valence-electron chi connectivity index (χ3n) is 3.57. The molecule has 0 aliphatic carbocycles. The van der Waals surface area contributed by atoms with E-state index in [-0.39, 0.29) is 4.90 Å². The first-order valence-electron chi connectivity index (χ1n) is 7.48. The zero-order chi connectivity index (χ0) is 15.3. The average molecular weight is 332 g/mol. The molecule has 118 valence electrons. The van der Waals surface area contributed by atoms with Crippen molar-refractivity contribution in [2.24, 2.45) is 0 Å². The standard InChI is InChI=1S/C15H22ClNO3S/c1-2-11-20-15-12-13(7-8-14(15)16)21(18,19)17-9-5-3-4-6-10-17/h7-8,12H,2-6,9-11H2,1H3. The molecule has 0 unspecified atom stereocenters. The predicted octanol–water partition coefficient (Wildman–Crippen LogP) is 3.69. The monoisotopic (exact) mass is 331 g/mol. The second-order valence-electron chi connectivity index (χ2n) is 5.26. The summed E-state index contributed by atoms with van der Waals surface area (Å²) in [7, 11) is -3.45. The van der Waals surface area contributed by atoms with Gasteiger partial charge in [0.05, 0.1) is 16.5 Å². The van der Waals surface area contributed by atoms with Gasteiger partial charge in [-0.05, 0) is 31.4 Å². The molecule has 1 aliphatic heterocycles. The Kier molecular flexibility index (Phi) is 5.90. The Bertz CT molecular complexity index is 566. The molecule has 1 aromatic carbocycles. The van der Waals surface area contributed by atoms with Crippen molar-refractivity contribution in [3.05, 3.63) is 23.2 Å². The van der Waals surface area contributed by atoms with E-state index in [0.717, 1.165) is 32.1 Å². The molecule has 0 aromatic heterocycles. The molecule has 0 N–H and O–H groups in total. The fourth-order valence-corrected chi connectivity index (χ4v) is 4.10. The van der Waals surface area contributed by atoms with E-state index in [1.165, 1.54) is 6.07 Å². The van der Waals surface area contributed by atoms with Gasteiger partial charge in [-0.25, -0.2) is 8.42 Å². The highest BCUT2D eigenvalue weighted by Crippen LogP contribution is 2.29. The van der Waals surface area contributed by atoms with Crippen molar-refractivity contribution in [2.75, 3.05) is 19.7 Å². The maximum atomic E-state index is 12.7. The molecule has 1 fully saturated rings. The summed E-state index contributed by atoms with van der Waals surface area (Å²) in [5.41, 5.74) is 0. The predicted molar refractivity (Wildman–Crippen MR) is 84.5 cm³/mol. The van der Waals surface area contributed by atoms with Gasteiger partial charge in [0, 0.05) is 19.2 Å². The third kappa shape index (κ3) is 4.11. The lowest BCUT2D eigenvalue weighted by atomic mass is 10.2. The summed E-state index contributed by atoms with van der Waals surface area (Å²) in [5.74, 6) is 0.439. The highest BCUT2D eigenvalue weighted by atomic mass is 35.5. The summed E-state index contributed by atoms with van der Waals surface area (Å²) in [5, 5.41) is 0.443. The van der Waals surface area contributed by atoms with Gasteiger partial charge in [0.2, 0.25) is 10.0 Å². The van der Waals surface area contributed by atoms with Gasteiger partial charge in [0.25, 0.3) is 0 Å². The molecule has 0 atom stereocenters. The van der Waals surface area contributed by atoms with Gasteiger partial charge in [-0.3, -0.25) is 0 Å². The molecule has 0 bridgehead atoms. The zero-order valence-corrected chi connectivity index (χ0v) is 13.9. The molecule has 6 heteroatoms. The molecule has 2 rings (SSSR count). The lowest BCUT2D eigenvalue weighted by Crippen LogP contribution is -2.31. The van der Waals surface area contributed by atoms with Crippen molar-refractivity contribution in [3.63, 3.8) is 0 Å². The smallest absolute Gasteiger partial charge is 0.243 e. The number of ether oxygens (including phenoxy) is 1. The first-order valence-corrected chi connectivity index (χ1v) is 9.30. The van der Waals surface area contributed by atoms with Crippen molar-refractivity contribution in [3.8, 4) is 5.75 Å². The molecular formula is C15H22ClNO3S. The fourth-order valence-electron chi connectivity index (χ4n) is 2.40. The van der Waals surface area contributed by atoms with E-state index in [2.05, 4.69) is 0 Å². The minimum Gasteiger partial charge on any atom is -0.492 e. The van der Waals surface area contributed by atoms with Gasteiger partial charge in [0.15, 0.2) is 0 Å². The van der Waals surface area contributed by atoms with Gasteiger partial charge >= 0.3 is 0 Å². The quantitative estimate of drug-likeness (QED) is 0.826. The second-order valence-corrected chi connectivity index (χ2v) is 7.60. The lowest BCUT2D eigenvalue weighted by molar-refractivity contribution is 0.316. The molecule has 1 heterocycles. The molecule has 4 nitrogen and oxygen atoms in total. The summed E-state index contributed by atoms with van der Waals surface area (Å²) in [6.45, 7) is 3.70. The van der Waals surface area contributed by atoms with E-state index in [4.69, 9.17) is 16.3 Å². The van der Waals surface area contributed by atoms with Crippen LogP contribution in [0.15, 0.2) is 23.1 Å². The summed E-state index contributed by atoms with van der Waals surface area (Å²) in [4.78, 5) is 0.264. The maximum Gasteiger partial charge on any atom is 0.243 e. The van der Waals surface area contributed by atoms with Crippen LogP contribution < -0.4 is 4.74 Å². The van der Waals surface area contributed by atoms with Gasteiger partial charge in [0.1, 0.15) is 5.75 Å². The van der Waals surface area contributed by atoms with Crippen molar-refractivity contribution >= 4 is 21.6 Å². The molecule has 1 saturated heterocycles. The second kappa shape index (κ2) is 7.47. The Morgan fingerprint density at radius 1 is 1.19 bits per heavy atom. The normalized spacial score (nSPS) is 17.4. The number of sulfonamides is 1. The molecule has 21 heavy (non-hydrogen) atoms. The Balaban J connectivity index is 2.26. The minimum absolute atomic E-state index is 0.264.